The number of aromatic nitrogens is 2. The fourth-order valence-electron chi connectivity index (χ4n) is 2.76. The maximum atomic E-state index is 12.5. The van der Waals surface area contributed by atoms with Crippen LogP contribution in [-0.4, -0.2) is 36.8 Å². The number of amides is 1. The number of ether oxygens (including phenoxy) is 2. The lowest BCUT2D eigenvalue weighted by Gasteiger charge is -2.19. The molecule has 128 valence electrons. The van der Waals surface area contributed by atoms with E-state index in [0.717, 1.165) is 5.69 Å². The van der Waals surface area contributed by atoms with E-state index in [1.165, 1.54) is 0 Å². The number of hydrogen-bond acceptors (Lipinski definition) is 6. The number of carbonyl (C=O) groups excluding carboxylic acids is 1. The van der Waals surface area contributed by atoms with Gasteiger partial charge in [0.15, 0.2) is 5.82 Å². The zero-order chi connectivity index (χ0) is 17.3. The van der Waals surface area contributed by atoms with Gasteiger partial charge in [0.25, 0.3) is 0 Å². The van der Waals surface area contributed by atoms with Gasteiger partial charge in [-0.05, 0) is 12.1 Å². The molecule has 1 aliphatic heterocycles. The van der Waals surface area contributed by atoms with E-state index in [2.05, 4.69) is 10.1 Å². The third-order valence-corrected chi connectivity index (χ3v) is 4.13. The Kier molecular flexibility index (Phi) is 4.42. The Morgan fingerprint density at radius 3 is 2.71 bits per heavy atom. The molecule has 1 unspecified atom stereocenters. The lowest BCUT2D eigenvalue weighted by atomic mass is 10.1. The van der Waals surface area contributed by atoms with E-state index in [0.29, 0.717) is 36.2 Å². The van der Waals surface area contributed by atoms with Gasteiger partial charge in [0.2, 0.25) is 11.8 Å². The summed E-state index contributed by atoms with van der Waals surface area (Å²) in [4.78, 5) is 18.6. The van der Waals surface area contributed by atoms with Gasteiger partial charge in [0, 0.05) is 24.9 Å². The number of anilines is 1. The first-order chi connectivity index (χ1) is 11.5. The molecule has 1 saturated heterocycles. The Hall–Kier alpha value is -2.57. The van der Waals surface area contributed by atoms with Crippen molar-refractivity contribution in [3.63, 3.8) is 0 Å². The molecule has 2 aromatic rings. The number of hydrogen-bond donors (Lipinski definition) is 0. The second-order valence-electron chi connectivity index (χ2n) is 6.09. The van der Waals surface area contributed by atoms with Crippen molar-refractivity contribution in [1.82, 2.24) is 10.1 Å². The third-order valence-electron chi connectivity index (χ3n) is 4.13. The normalized spacial score (nSPS) is 17.6. The van der Waals surface area contributed by atoms with Crippen LogP contribution in [0.2, 0.25) is 0 Å². The van der Waals surface area contributed by atoms with Gasteiger partial charge in [-0.25, -0.2) is 0 Å². The summed E-state index contributed by atoms with van der Waals surface area (Å²) in [5.74, 6) is 2.54. The smallest absolute Gasteiger partial charge is 0.232 e. The van der Waals surface area contributed by atoms with Gasteiger partial charge in [-0.2, -0.15) is 4.98 Å². The Balaban J connectivity index is 1.84. The zero-order valence-electron chi connectivity index (χ0n) is 14.3. The largest absolute Gasteiger partial charge is 0.497 e. The van der Waals surface area contributed by atoms with Crippen LogP contribution >= 0.6 is 0 Å². The van der Waals surface area contributed by atoms with Crippen molar-refractivity contribution in [1.29, 1.82) is 0 Å². The van der Waals surface area contributed by atoms with Crippen molar-refractivity contribution in [2.24, 2.45) is 0 Å². The van der Waals surface area contributed by atoms with E-state index in [1.807, 2.05) is 26.0 Å². The highest BCUT2D eigenvalue weighted by molar-refractivity contribution is 5.97. The van der Waals surface area contributed by atoms with Gasteiger partial charge in [-0.15, -0.1) is 0 Å². The summed E-state index contributed by atoms with van der Waals surface area (Å²) in [6.07, 6.45) is 0.342. The van der Waals surface area contributed by atoms with Crippen LogP contribution in [0.5, 0.6) is 11.5 Å². The molecule has 0 saturated carbocycles. The van der Waals surface area contributed by atoms with Crippen molar-refractivity contribution in [3.8, 4) is 11.5 Å². The number of rotatable bonds is 5. The van der Waals surface area contributed by atoms with E-state index >= 15 is 0 Å². The standard InChI is InChI=1S/C17H21N3O4/c1-10(2)16-18-17(24-19-16)11-7-15(21)20(9-11)13-6-5-12(22-3)8-14(13)23-4/h5-6,8,10-11H,7,9H2,1-4H3. The summed E-state index contributed by atoms with van der Waals surface area (Å²) < 4.78 is 15.9. The predicted molar refractivity (Wildman–Crippen MR) is 87.6 cm³/mol. The van der Waals surface area contributed by atoms with Crippen LogP contribution in [0.25, 0.3) is 0 Å². The minimum Gasteiger partial charge on any atom is -0.497 e. The molecule has 1 atom stereocenters. The number of carbonyl (C=O) groups is 1. The fraction of sp³-hybridized carbons (Fsp3) is 0.471. The molecule has 24 heavy (non-hydrogen) atoms. The summed E-state index contributed by atoms with van der Waals surface area (Å²) in [5, 5.41) is 3.98. The Labute approximate surface area is 140 Å². The summed E-state index contributed by atoms with van der Waals surface area (Å²) in [7, 11) is 3.16. The summed E-state index contributed by atoms with van der Waals surface area (Å²) in [5.41, 5.74) is 0.717. The fourth-order valence-corrected chi connectivity index (χ4v) is 2.76. The quantitative estimate of drug-likeness (QED) is 0.838. The average Bonchev–Trinajstić information content (AvgIpc) is 3.21. The lowest BCUT2D eigenvalue weighted by Crippen LogP contribution is -2.24. The third kappa shape index (κ3) is 2.93. The van der Waals surface area contributed by atoms with E-state index in [1.54, 1.807) is 25.2 Å². The molecule has 1 aromatic heterocycles. The summed E-state index contributed by atoms with van der Waals surface area (Å²) >= 11 is 0. The van der Waals surface area contributed by atoms with Crippen LogP contribution in [0.15, 0.2) is 22.7 Å². The van der Waals surface area contributed by atoms with Crippen LogP contribution in [0.4, 0.5) is 5.69 Å². The summed E-state index contributed by atoms with van der Waals surface area (Å²) in [6, 6.07) is 5.40. The van der Waals surface area contributed by atoms with Crippen molar-refractivity contribution in [3.05, 3.63) is 29.9 Å². The molecular formula is C17H21N3O4. The molecule has 1 fully saturated rings. The molecule has 3 rings (SSSR count). The second kappa shape index (κ2) is 6.51. The number of benzene rings is 1. The molecule has 0 bridgehead atoms. The van der Waals surface area contributed by atoms with Crippen LogP contribution in [-0.2, 0) is 4.79 Å². The maximum Gasteiger partial charge on any atom is 0.232 e. The molecule has 1 aliphatic rings. The molecule has 1 aromatic carbocycles. The molecule has 2 heterocycles. The Morgan fingerprint density at radius 1 is 1.29 bits per heavy atom. The Bertz CT molecular complexity index is 741. The van der Waals surface area contributed by atoms with Crippen molar-refractivity contribution >= 4 is 11.6 Å². The number of methoxy groups -OCH3 is 2. The molecule has 0 N–H and O–H groups in total. The molecule has 1 amide bonds. The van der Waals surface area contributed by atoms with Gasteiger partial charge in [0.1, 0.15) is 11.5 Å². The van der Waals surface area contributed by atoms with E-state index in [4.69, 9.17) is 14.0 Å². The van der Waals surface area contributed by atoms with Crippen molar-refractivity contribution < 1.29 is 18.8 Å². The van der Waals surface area contributed by atoms with Crippen LogP contribution < -0.4 is 14.4 Å². The van der Waals surface area contributed by atoms with Gasteiger partial charge in [-0.1, -0.05) is 19.0 Å². The minimum atomic E-state index is -0.107. The molecule has 7 nitrogen and oxygen atoms in total. The molecule has 0 radical (unpaired) electrons. The maximum absolute atomic E-state index is 12.5. The van der Waals surface area contributed by atoms with Crippen LogP contribution in [0.3, 0.4) is 0 Å². The Morgan fingerprint density at radius 2 is 2.08 bits per heavy atom. The van der Waals surface area contributed by atoms with E-state index in [-0.39, 0.29) is 17.7 Å². The molecular weight excluding hydrogens is 310 g/mol. The van der Waals surface area contributed by atoms with Gasteiger partial charge in [-0.3, -0.25) is 4.79 Å². The van der Waals surface area contributed by atoms with Crippen LogP contribution in [0, 0.1) is 0 Å². The SMILES string of the molecule is COc1ccc(N2CC(c3nc(C(C)C)no3)CC2=O)c(OC)c1. The lowest BCUT2D eigenvalue weighted by molar-refractivity contribution is -0.117. The minimum absolute atomic E-state index is 0.00719. The van der Waals surface area contributed by atoms with Gasteiger partial charge >= 0.3 is 0 Å². The molecule has 0 spiro atoms. The first-order valence-electron chi connectivity index (χ1n) is 7.89. The zero-order valence-corrected chi connectivity index (χ0v) is 14.3. The first kappa shape index (κ1) is 16.3. The average molecular weight is 331 g/mol. The molecule has 7 heteroatoms. The predicted octanol–water partition coefficient (Wildman–Crippen LogP) is 2.73. The van der Waals surface area contributed by atoms with Gasteiger partial charge in [0.05, 0.1) is 25.8 Å². The highest BCUT2D eigenvalue weighted by Gasteiger charge is 2.36. The topological polar surface area (TPSA) is 77.7 Å². The van der Waals surface area contributed by atoms with Gasteiger partial charge < -0.3 is 18.9 Å². The monoisotopic (exact) mass is 331 g/mol. The highest BCUT2D eigenvalue weighted by atomic mass is 16.5. The number of nitrogens with zero attached hydrogens (tertiary/aromatic N) is 3. The highest BCUT2D eigenvalue weighted by Crippen LogP contribution is 2.38. The van der Waals surface area contributed by atoms with Crippen molar-refractivity contribution in [2.45, 2.75) is 32.1 Å². The van der Waals surface area contributed by atoms with E-state index in [9.17, 15) is 4.79 Å². The van der Waals surface area contributed by atoms with E-state index < -0.39 is 0 Å². The first-order valence-corrected chi connectivity index (χ1v) is 7.89. The second-order valence-corrected chi connectivity index (χ2v) is 6.09. The van der Waals surface area contributed by atoms with Crippen molar-refractivity contribution in [2.75, 3.05) is 25.7 Å². The summed E-state index contributed by atoms with van der Waals surface area (Å²) in [6.45, 7) is 4.49. The molecule has 0 aliphatic carbocycles. The van der Waals surface area contributed by atoms with Crippen LogP contribution in [0.1, 0.15) is 43.8 Å².